The summed E-state index contributed by atoms with van der Waals surface area (Å²) in [7, 11) is 1.51. The molecule has 0 bridgehead atoms. The Morgan fingerprint density at radius 1 is 1.18 bits per heavy atom. The van der Waals surface area contributed by atoms with E-state index in [1.54, 1.807) is 31.7 Å². The second kappa shape index (κ2) is 11.3. The van der Waals surface area contributed by atoms with Crippen LogP contribution in [0.5, 0.6) is 11.5 Å². The number of ether oxygens (including phenoxy) is 4. The number of hydrogen-bond donors (Lipinski definition) is 1. The number of carbonyl (C=O) groups excluding carboxylic acids is 1. The second-order valence-electron chi connectivity index (χ2n) is 10.8. The van der Waals surface area contributed by atoms with Gasteiger partial charge in [-0.1, -0.05) is 24.8 Å². The summed E-state index contributed by atoms with van der Waals surface area (Å²) in [4.78, 5) is 15.0. The summed E-state index contributed by atoms with van der Waals surface area (Å²) < 4.78 is 61.0. The van der Waals surface area contributed by atoms with Crippen LogP contribution in [-0.2, 0) is 20.4 Å². The van der Waals surface area contributed by atoms with Gasteiger partial charge in [0.2, 0.25) is 0 Å². The van der Waals surface area contributed by atoms with Crippen LogP contribution in [-0.4, -0.2) is 67.3 Å². The molecule has 40 heavy (non-hydrogen) atoms. The fourth-order valence-electron chi connectivity index (χ4n) is 5.12. The summed E-state index contributed by atoms with van der Waals surface area (Å²) in [5.74, 6) is 5.30. The van der Waals surface area contributed by atoms with Crippen LogP contribution < -0.4 is 9.47 Å². The van der Waals surface area contributed by atoms with Gasteiger partial charge in [0.05, 0.1) is 25.4 Å². The van der Waals surface area contributed by atoms with Gasteiger partial charge in [0.15, 0.2) is 23.4 Å². The third kappa shape index (κ3) is 6.38. The predicted octanol–water partition coefficient (Wildman–Crippen LogP) is 4.61. The molecule has 2 aromatic rings. The summed E-state index contributed by atoms with van der Waals surface area (Å²) >= 11 is 0. The van der Waals surface area contributed by atoms with Crippen molar-refractivity contribution in [2.75, 3.05) is 33.4 Å². The first-order chi connectivity index (χ1) is 18.7. The highest BCUT2D eigenvalue weighted by Gasteiger charge is 2.50. The van der Waals surface area contributed by atoms with E-state index in [0.717, 1.165) is 17.7 Å². The third-order valence-corrected chi connectivity index (χ3v) is 7.62. The van der Waals surface area contributed by atoms with Crippen LogP contribution in [0.15, 0.2) is 42.5 Å². The van der Waals surface area contributed by atoms with E-state index < -0.39 is 35.1 Å². The number of carbonyl (C=O) groups is 1. The molecule has 0 spiro atoms. The molecule has 2 aliphatic rings. The second-order valence-corrected chi connectivity index (χ2v) is 10.8. The number of benzene rings is 2. The van der Waals surface area contributed by atoms with Gasteiger partial charge in [0.25, 0.3) is 5.91 Å². The molecule has 0 saturated carbocycles. The minimum absolute atomic E-state index is 0.0292. The van der Waals surface area contributed by atoms with E-state index in [-0.39, 0.29) is 25.0 Å². The molecule has 0 aliphatic carbocycles. The summed E-state index contributed by atoms with van der Waals surface area (Å²) in [5.41, 5.74) is -0.0890. The summed E-state index contributed by atoms with van der Waals surface area (Å²) in [5, 5.41) is 10.8. The molecule has 1 N–H and O–H groups in total. The quantitative estimate of drug-likeness (QED) is 0.520. The standard InChI is InChI=1S/C30H34F3NO6/c1-19(35)29(4)18-34(27(36)26-17-39-28(2,3)40-26)16-23(29)21-10-13-24(37-5)25(15-21)38-14-6-7-20-8-11-22(12-9-20)30(31,32)33/h8-13,15,19,23,26,35H,14,16-18H2,1-5H3/t19-,23+,26-,29+/m1/s1. The molecule has 0 unspecified atom stereocenters. The van der Waals surface area contributed by atoms with E-state index >= 15 is 0 Å². The van der Waals surface area contributed by atoms with Gasteiger partial charge in [-0.05, 0) is 62.7 Å². The van der Waals surface area contributed by atoms with Crippen molar-refractivity contribution in [1.29, 1.82) is 0 Å². The number of methoxy groups -OCH3 is 1. The zero-order chi connectivity index (χ0) is 29.3. The van der Waals surface area contributed by atoms with E-state index in [2.05, 4.69) is 11.8 Å². The molecule has 2 heterocycles. The largest absolute Gasteiger partial charge is 0.493 e. The lowest BCUT2D eigenvalue weighted by atomic mass is 9.72. The normalized spacial score (nSPS) is 24.8. The SMILES string of the molecule is COc1ccc([C@@H]2CN(C(=O)[C@H]3COC(C)(C)O3)C[C@@]2(C)[C@@H](C)O)cc1OCC#Cc1ccc(C(F)(F)F)cc1. The summed E-state index contributed by atoms with van der Waals surface area (Å²) in [6, 6.07) is 10.1. The number of aliphatic hydroxyl groups excluding tert-OH is 1. The van der Waals surface area contributed by atoms with Crippen LogP contribution in [0.4, 0.5) is 13.2 Å². The zero-order valence-corrected chi connectivity index (χ0v) is 23.2. The van der Waals surface area contributed by atoms with Crippen molar-refractivity contribution in [1.82, 2.24) is 4.90 Å². The molecule has 0 radical (unpaired) electrons. The predicted molar refractivity (Wildman–Crippen MR) is 141 cm³/mol. The lowest BCUT2D eigenvalue weighted by molar-refractivity contribution is -0.159. The van der Waals surface area contributed by atoms with Gasteiger partial charge in [-0.2, -0.15) is 13.2 Å². The highest BCUT2D eigenvalue weighted by atomic mass is 19.4. The lowest BCUT2D eigenvalue weighted by Crippen LogP contribution is -2.42. The Morgan fingerprint density at radius 2 is 1.88 bits per heavy atom. The van der Waals surface area contributed by atoms with Crippen LogP contribution in [0.25, 0.3) is 0 Å². The van der Waals surface area contributed by atoms with E-state index in [4.69, 9.17) is 18.9 Å². The average Bonchev–Trinajstić information content (AvgIpc) is 3.45. The number of rotatable bonds is 6. The Labute approximate surface area is 232 Å². The Morgan fingerprint density at radius 3 is 2.45 bits per heavy atom. The van der Waals surface area contributed by atoms with Gasteiger partial charge in [0.1, 0.15) is 6.61 Å². The fraction of sp³-hybridized carbons (Fsp3) is 0.500. The first-order valence-corrected chi connectivity index (χ1v) is 13.0. The van der Waals surface area contributed by atoms with Crippen LogP contribution in [0.2, 0.25) is 0 Å². The Hall–Kier alpha value is -3.26. The van der Waals surface area contributed by atoms with Gasteiger partial charge in [-0.25, -0.2) is 0 Å². The van der Waals surface area contributed by atoms with Gasteiger partial charge in [0, 0.05) is 30.0 Å². The van der Waals surface area contributed by atoms with Crippen molar-refractivity contribution in [3.05, 3.63) is 59.2 Å². The van der Waals surface area contributed by atoms with E-state index in [0.29, 0.717) is 30.2 Å². The maximum atomic E-state index is 13.3. The highest BCUT2D eigenvalue weighted by molar-refractivity contribution is 5.82. The van der Waals surface area contributed by atoms with Crippen molar-refractivity contribution in [3.63, 3.8) is 0 Å². The van der Waals surface area contributed by atoms with Gasteiger partial charge >= 0.3 is 6.18 Å². The van der Waals surface area contributed by atoms with E-state index in [1.165, 1.54) is 19.2 Å². The molecule has 2 aliphatic heterocycles. The van der Waals surface area contributed by atoms with Gasteiger partial charge in [-0.3, -0.25) is 4.79 Å². The zero-order valence-electron chi connectivity index (χ0n) is 23.2. The number of aliphatic hydroxyl groups is 1. The Bertz CT molecular complexity index is 1280. The first-order valence-electron chi connectivity index (χ1n) is 13.0. The van der Waals surface area contributed by atoms with Crippen molar-refractivity contribution >= 4 is 5.91 Å². The van der Waals surface area contributed by atoms with Gasteiger partial charge in [-0.15, -0.1) is 0 Å². The third-order valence-electron chi connectivity index (χ3n) is 7.62. The number of likely N-dealkylation sites (tertiary alicyclic amines) is 1. The summed E-state index contributed by atoms with van der Waals surface area (Å²) in [6.07, 6.45) is -5.82. The van der Waals surface area contributed by atoms with E-state index in [1.807, 2.05) is 19.1 Å². The Kier molecular flexibility index (Phi) is 8.41. The van der Waals surface area contributed by atoms with Crippen LogP contribution in [0.1, 0.15) is 50.3 Å². The molecule has 7 nitrogen and oxygen atoms in total. The molecule has 2 fully saturated rings. The minimum atomic E-state index is -4.40. The molecule has 2 aromatic carbocycles. The van der Waals surface area contributed by atoms with Crippen molar-refractivity contribution in [2.45, 2.75) is 57.8 Å². The van der Waals surface area contributed by atoms with E-state index in [9.17, 15) is 23.1 Å². The number of amides is 1. The number of alkyl halides is 3. The number of halogens is 3. The van der Waals surface area contributed by atoms with Crippen molar-refractivity contribution in [2.24, 2.45) is 5.41 Å². The Balaban J connectivity index is 1.50. The maximum Gasteiger partial charge on any atom is 0.416 e. The van der Waals surface area contributed by atoms with Crippen molar-refractivity contribution in [3.8, 4) is 23.3 Å². The van der Waals surface area contributed by atoms with Crippen molar-refractivity contribution < 1.29 is 42.0 Å². The molecular formula is C30H34F3NO6. The number of nitrogens with zero attached hydrogens (tertiary/aromatic N) is 1. The van der Waals surface area contributed by atoms with Crippen LogP contribution in [0, 0.1) is 17.3 Å². The molecule has 2 saturated heterocycles. The molecule has 10 heteroatoms. The molecule has 216 valence electrons. The smallest absolute Gasteiger partial charge is 0.416 e. The lowest BCUT2D eigenvalue weighted by Gasteiger charge is -2.34. The fourth-order valence-corrected chi connectivity index (χ4v) is 5.12. The summed E-state index contributed by atoms with van der Waals surface area (Å²) in [6.45, 7) is 8.06. The molecule has 1 amide bonds. The van der Waals surface area contributed by atoms with Gasteiger partial charge < -0.3 is 29.0 Å². The average molecular weight is 562 g/mol. The monoisotopic (exact) mass is 561 g/mol. The van der Waals surface area contributed by atoms with Crippen LogP contribution >= 0.6 is 0 Å². The first kappa shape index (κ1) is 29.7. The molecular weight excluding hydrogens is 527 g/mol. The maximum absolute atomic E-state index is 13.3. The molecule has 4 atom stereocenters. The topological polar surface area (TPSA) is 77.5 Å². The minimum Gasteiger partial charge on any atom is -0.493 e. The van der Waals surface area contributed by atoms with Crippen LogP contribution in [0.3, 0.4) is 0 Å². The molecule has 0 aromatic heterocycles. The number of hydrogen-bond acceptors (Lipinski definition) is 6. The highest BCUT2D eigenvalue weighted by Crippen LogP contribution is 2.47. The molecule has 4 rings (SSSR count).